The molecule has 0 bridgehead atoms. The van der Waals surface area contributed by atoms with Gasteiger partial charge in [-0.3, -0.25) is 9.59 Å². The summed E-state index contributed by atoms with van der Waals surface area (Å²) in [5, 5.41) is 0. The maximum absolute atomic E-state index is 11.5. The molecule has 0 aromatic heterocycles. The SMILES string of the molecule is Cc1cc(C)cc(/C=C/C2=CC(=O)C=CC2=O)c1. The van der Waals surface area contributed by atoms with Gasteiger partial charge in [0.05, 0.1) is 0 Å². The van der Waals surface area contributed by atoms with Crippen LogP contribution in [0.4, 0.5) is 0 Å². The van der Waals surface area contributed by atoms with Crippen LogP contribution < -0.4 is 0 Å². The number of allylic oxidation sites excluding steroid dienone is 5. The number of benzene rings is 1. The number of hydrogen-bond donors (Lipinski definition) is 0. The van der Waals surface area contributed by atoms with Gasteiger partial charge >= 0.3 is 0 Å². The molecule has 1 aromatic rings. The van der Waals surface area contributed by atoms with Crippen molar-refractivity contribution in [2.24, 2.45) is 0 Å². The van der Waals surface area contributed by atoms with Crippen LogP contribution in [0.1, 0.15) is 16.7 Å². The van der Waals surface area contributed by atoms with Crippen molar-refractivity contribution in [3.63, 3.8) is 0 Å². The van der Waals surface area contributed by atoms with Gasteiger partial charge in [-0.1, -0.05) is 41.5 Å². The van der Waals surface area contributed by atoms with Gasteiger partial charge < -0.3 is 0 Å². The van der Waals surface area contributed by atoms with Crippen LogP contribution in [0, 0.1) is 13.8 Å². The van der Waals surface area contributed by atoms with Crippen molar-refractivity contribution >= 4 is 17.6 Å². The summed E-state index contributed by atoms with van der Waals surface area (Å²) >= 11 is 0. The first kappa shape index (κ1) is 12.2. The van der Waals surface area contributed by atoms with Crippen LogP contribution in [0.25, 0.3) is 6.08 Å². The molecule has 0 atom stereocenters. The van der Waals surface area contributed by atoms with Crippen molar-refractivity contribution in [2.45, 2.75) is 13.8 Å². The van der Waals surface area contributed by atoms with E-state index in [2.05, 4.69) is 6.07 Å². The molecule has 1 aliphatic carbocycles. The second-order valence-electron chi connectivity index (χ2n) is 4.45. The molecule has 0 saturated heterocycles. The molecule has 2 nitrogen and oxygen atoms in total. The Bertz CT molecular complexity index is 581. The Kier molecular flexibility index (Phi) is 3.38. The van der Waals surface area contributed by atoms with Crippen molar-refractivity contribution in [1.82, 2.24) is 0 Å². The summed E-state index contributed by atoms with van der Waals surface area (Å²) in [5.41, 5.74) is 3.81. The Labute approximate surface area is 106 Å². The summed E-state index contributed by atoms with van der Waals surface area (Å²) in [7, 11) is 0. The van der Waals surface area contributed by atoms with E-state index in [1.54, 1.807) is 6.08 Å². The quantitative estimate of drug-likeness (QED) is 0.742. The third-order valence-corrected chi connectivity index (χ3v) is 2.68. The highest BCUT2D eigenvalue weighted by atomic mass is 16.1. The molecule has 1 aliphatic rings. The number of rotatable bonds is 2. The van der Waals surface area contributed by atoms with Crippen LogP contribution in [0.2, 0.25) is 0 Å². The zero-order valence-corrected chi connectivity index (χ0v) is 10.4. The summed E-state index contributed by atoms with van der Waals surface area (Å²) in [5.74, 6) is -0.273. The van der Waals surface area contributed by atoms with Crippen LogP contribution in [-0.2, 0) is 9.59 Å². The minimum absolute atomic E-state index is 0.129. The summed E-state index contributed by atoms with van der Waals surface area (Å²) in [6.45, 7) is 4.06. The smallest absolute Gasteiger partial charge is 0.186 e. The van der Waals surface area contributed by atoms with E-state index in [-0.39, 0.29) is 11.6 Å². The zero-order chi connectivity index (χ0) is 13.1. The van der Waals surface area contributed by atoms with Gasteiger partial charge in [0.15, 0.2) is 11.6 Å². The van der Waals surface area contributed by atoms with Crippen molar-refractivity contribution < 1.29 is 9.59 Å². The topological polar surface area (TPSA) is 34.1 Å². The molecule has 2 heteroatoms. The molecule has 0 radical (unpaired) electrons. The highest BCUT2D eigenvalue weighted by Crippen LogP contribution is 2.13. The first-order chi connectivity index (χ1) is 8.54. The predicted octanol–water partition coefficient (Wildman–Crippen LogP) is 2.95. The Morgan fingerprint density at radius 1 is 0.889 bits per heavy atom. The number of ketones is 2. The molecule has 1 aromatic carbocycles. The van der Waals surface area contributed by atoms with Crippen molar-refractivity contribution in [2.75, 3.05) is 0 Å². The van der Waals surface area contributed by atoms with Gasteiger partial charge in [0.1, 0.15) is 0 Å². The average molecular weight is 238 g/mol. The molecule has 0 unspecified atom stereocenters. The van der Waals surface area contributed by atoms with E-state index in [4.69, 9.17) is 0 Å². The molecule has 0 fully saturated rings. The maximum Gasteiger partial charge on any atom is 0.186 e. The van der Waals surface area contributed by atoms with Crippen LogP contribution in [0.3, 0.4) is 0 Å². The first-order valence-corrected chi connectivity index (χ1v) is 5.79. The molecule has 0 amide bonds. The number of carbonyl (C=O) groups is 2. The molecular weight excluding hydrogens is 224 g/mol. The van der Waals surface area contributed by atoms with E-state index < -0.39 is 0 Å². The summed E-state index contributed by atoms with van der Waals surface area (Å²) in [6, 6.07) is 6.17. The largest absolute Gasteiger partial charge is 0.290 e. The number of hydrogen-bond acceptors (Lipinski definition) is 2. The summed E-state index contributed by atoms with van der Waals surface area (Å²) in [4.78, 5) is 22.7. The second-order valence-corrected chi connectivity index (χ2v) is 4.45. The van der Waals surface area contributed by atoms with E-state index in [9.17, 15) is 9.59 Å². The third-order valence-electron chi connectivity index (χ3n) is 2.68. The van der Waals surface area contributed by atoms with Crippen molar-refractivity contribution in [1.29, 1.82) is 0 Å². The highest BCUT2D eigenvalue weighted by molar-refractivity contribution is 6.18. The van der Waals surface area contributed by atoms with E-state index >= 15 is 0 Å². The minimum atomic E-state index is -0.144. The van der Waals surface area contributed by atoms with Crippen LogP contribution in [-0.4, -0.2) is 11.6 Å². The summed E-state index contributed by atoms with van der Waals surface area (Å²) in [6.07, 6.45) is 7.51. The number of aryl methyl sites for hydroxylation is 2. The summed E-state index contributed by atoms with van der Waals surface area (Å²) < 4.78 is 0. The Hall–Kier alpha value is -2.22. The lowest BCUT2D eigenvalue weighted by atomic mass is 10.0. The monoisotopic (exact) mass is 238 g/mol. The fourth-order valence-corrected chi connectivity index (χ4v) is 1.95. The van der Waals surface area contributed by atoms with Crippen LogP contribution >= 0.6 is 0 Å². The molecule has 0 saturated carbocycles. The fraction of sp³-hybridized carbons (Fsp3) is 0.125. The molecule has 0 N–H and O–H groups in total. The molecule has 2 rings (SSSR count). The lowest BCUT2D eigenvalue weighted by Crippen LogP contribution is -2.05. The maximum atomic E-state index is 11.5. The Balaban J connectivity index is 2.25. The normalized spacial score (nSPS) is 15.3. The van der Waals surface area contributed by atoms with Crippen LogP contribution in [0.15, 0.2) is 48.1 Å². The second kappa shape index (κ2) is 4.96. The highest BCUT2D eigenvalue weighted by Gasteiger charge is 2.09. The van der Waals surface area contributed by atoms with Gasteiger partial charge in [-0.2, -0.15) is 0 Å². The number of carbonyl (C=O) groups excluding carboxylic acids is 2. The van der Waals surface area contributed by atoms with Gasteiger partial charge in [-0.25, -0.2) is 0 Å². The van der Waals surface area contributed by atoms with Crippen molar-refractivity contribution in [3.05, 3.63) is 64.8 Å². The van der Waals surface area contributed by atoms with E-state index in [0.717, 1.165) is 5.56 Å². The lowest BCUT2D eigenvalue weighted by molar-refractivity contribution is -0.114. The first-order valence-electron chi connectivity index (χ1n) is 5.79. The Morgan fingerprint density at radius 2 is 1.56 bits per heavy atom. The third kappa shape index (κ3) is 2.92. The van der Waals surface area contributed by atoms with Crippen molar-refractivity contribution in [3.8, 4) is 0 Å². The van der Waals surface area contributed by atoms with Crippen LogP contribution in [0.5, 0.6) is 0 Å². The molecular formula is C16H14O2. The minimum Gasteiger partial charge on any atom is -0.290 e. The lowest BCUT2D eigenvalue weighted by Gasteiger charge is -2.02. The Morgan fingerprint density at radius 3 is 2.22 bits per heavy atom. The van der Waals surface area contributed by atoms with Gasteiger partial charge in [0.2, 0.25) is 0 Å². The fourth-order valence-electron chi connectivity index (χ4n) is 1.95. The van der Waals surface area contributed by atoms with Gasteiger partial charge in [-0.05, 0) is 37.6 Å². The molecule has 90 valence electrons. The van der Waals surface area contributed by atoms with Gasteiger partial charge in [0, 0.05) is 5.57 Å². The molecule has 0 aliphatic heterocycles. The average Bonchev–Trinajstić information content (AvgIpc) is 2.29. The van der Waals surface area contributed by atoms with Gasteiger partial charge in [-0.15, -0.1) is 0 Å². The molecule has 0 heterocycles. The van der Waals surface area contributed by atoms with E-state index in [0.29, 0.717) is 5.57 Å². The van der Waals surface area contributed by atoms with E-state index in [1.807, 2.05) is 32.1 Å². The van der Waals surface area contributed by atoms with E-state index in [1.165, 1.54) is 29.4 Å². The molecule has 18 heavy (non-hydrogen) atoms. The predicted molar refractivity (Wildman–Crippen MR) is 72.2 cm³/mol. The molecule has 0 spiro atoms. The standard InChI is InChI=1S/C16H14O2/c1-11-7-12(2)9-13(8-11)3-4-14-10-15(17)5-6-16(14)18/h3-10H,1-2H3/b4-3+. The van der Waals surface area contributed by atoms with Gasteiger partial charge in [0.25, 0.3) is 0 Å². The zero-order valence-electron chi connectivity index (χ0n) is 10.4.